The molecule has 0 saturated carbocycles. The number of amides is 1. The zero-order chi connectivity index (χ0) is 19.6. The molecule has 0 atom stereocenters. The van der Waals surface area contributed by atoms with Crippen LogP contribution in [0.1, 0.15) is 34.5 Å². The van der Waals surface area contributed by atoms with E-state index in [2.05, 4.69) is 33.7 Å². The molecule has 1 aliphatic rings. The summed E-state index contributed by atoms with van der Waals surface area (Å²) < 4.78 is 5.31. The molecule has 1 amide bonds. The molecule has 1 N–H and O–H groups in total. The third-order valence-electron chi connectivity index (χ3n) is 5.17. The first kappa shape index (κ1) is 17.8. The van der Waals surface area contributed by atoms with Crippen LogP contribution in [0.5, 0.6) is 0 Å². The molecule has 0 radical (unpaired) electrons. The summed E-state index contributed by atoms with van der Waals surface area (Å²) >= 11 is 1.41. The minimum absolute atomic E-state index is 0.231. The van der Waals surface area contributed by atoms with E-state index in [4.69, 9.17) is 4.52 Å². The number of anilines is 1. The molecule has 0 bridgehead atoms. The Hall–Kier alpha value is -3.25. The number of hydrogen-bond acceptors (Lipinski definition) is 5. The molecule has 4 aromatic rings. The van der Waals surface area contributed by atoms with Crippen LogP contribution in [-0.2, 0) is 12.8 Å². The third kappa shape index (κ3) is 3.71. The van der Waals surface area contributed by atoms with Crippen LogP contribution < -0.4 is 5.32 Å². The summed E-state index contributed by atoms with van der Waals surface area (Å²) in [5.41, 5.74) is 5.95. The van der Waals surface area contributed by atoms with Crippen LogP contribution in [0.2, 0.25) is 0 Å². The van der Waals surface area contributed by atoms with E-state index in [9.17, 15) is 4.79 Å². The van der Waals surface area contributed by atoms with Crippen molar-refractivity contribution in [2.24, 2.45) is 0 Å². The lowest BCUT2D eigenvalue weighted by Gasteiger charge is -2.16. The Balaban J connectivity index is 1.31. The van der Waals surface area contributed by atoms with Gasteiger partial charge in [-0.2, -0.15) is 0 Å². The van der Waals surface area contributed by atoms with Crippen LogP contribution in [0.25, 0.3) is 22.6 Å². The molecule has 144 valence electrons. The second kappa shape index (κ2) is 7.64. The molecule has 0 saturated heterocycles. The minimum Gasteiger partial charge on any atom is -0.355 e. The molecular formula is C23H19N3O2S. The van der Waals surface area contributed by atoms with Gasteiger partial charge in [-0.05, 0) is 42.9 Å². The summed E-state index contributed by atoms with van der Waals surface area (Å²) in [7, 11) is 0. The average Bonchev–Trinajstić information content (AvgIpc) is 3.44. The maximum absolute atomic E-state index is 12.5. The summed E-state index contributed by atoms with van der Waals surface area (Å²) in [5.74, 6) is 0.229. The van der Waals surface area contributed by atoms with Crippen molar-refractivity contribution >= 4 is 22.4 Å². The van der Waals surface area contributed by atoms with Gasteiger partial charge in [0.1, 0.15) is 0 Å². The van der Waals surface area contributed by atoms with E-state index in [1.54, 1.807) is 6.07 Å². The van der Waals surface area contributed by atoms with Crippen LogP contribution in [0, 0.1) is 0 Å². The van der Waals surface area contributed by atoms with Crippen LogP contribution >= 0.6 is 11.3 Å². The lowest BCUT2D eigenvalue weighted by atomic mass is 9.90. The largest absolute Gasteiger partial charge is 0.355 e. The van der Waals surface area contributed by atoms with Gasteiger partial charge in [-0.3, -0.25) is 10.1 Å². The molecule has 0 aliphatic heterocycles. The first-order valence-corrected chi connectivity index (χ1v) is 10.6. The van der Waals surface area contributed by atoms with Crippen molar-refractivity contribution in [1.29, 1.82) is 0 Å². The zero-order valence-electron chi connectivity index (χ0n) is 15.7. The van der Waals surface area contributed by atoms with E-state index < -0.39 is 0 Å². The van der Waals surface area contributed by atoms with Gasteiger partial charge >= 0.3 is 0 Å². The SMILES string of the molecule is O=C(Nc1nc(-c2ccc3c(c2)CCCC3)cs1)c1cc(-c2ccccc2)on1. The highest BCUT2D eigenvalue weighted by Crippen LogP contribution is 2.30. The topological polar surface area (TPSA) is 68.0 Å². The van der Waals surface area contributed by atoms with Gasteiger partial charge in [0.15, 0.2) is 16.6 Å². The van der Waals surface area contributed by atoms with E-state index >= 15 is 0 Å². The number of carbonyl (C=O) groups excluding carboxylic acids is 1. The Morgan fingerprint density at radius 1 is 0.966 bits per heavy atom. The molecule has 0 spiro atoms. The van der Waals surface area contributed by atoms with Crippen molar-refractivity contribution in [2.75, 3.05) is 5.32 Å². The Kier molecular flexibility index (Phi) is 4.69. The molecule has 1 aliphatic carbocycles. The van der Waals surface area contributed by atoms with Crippen molar-refractivity contribution in [1.82, 2.24) is 10.1 Å². The Morgan fingerprint density at radius 2 is 1.79 bits per heavy atom. The quantitative estimate of drug-likeness (QED) is 0.483. The summed E-state index contributed by atoms with van der Waals surface area (Å²) in [6.45, 7) is 0. The van der Waals surface area contributed by atoms with Crippen LogP contribution in [-0.4, -0.2) is 16.0 Å². The van der Waals surface area contributed by atoms with Gasteiger partial charge < -0.3 is 4.52 Å². The van der Waals surface area contributed by atoms with E-state index in [0.717, 1.165) is 29.7 Å². The highest BCUT2D eigenvalue weighted by molar-refractivity contribution is 7.14. The number of benzene rings is 2. The van der Waals surface area contributed by atoms with Gasteiger partial charge in [-0.1, -0.05) is 47.6 Å². The van der Waals surface area contributed by atoms with Gasteiger partial charge in [-0.15, -0.1) is 11.3 Å². The maximum Gasteiger partial charge on any atom is 0.279 e. The molecule has 2 aromatic heterocycles. The number of nitrogens with one attached hydrogen (secondary N) is 1. The predicted octanol–water partition coefficient (Wildman–Crippen LogP) is 5.60. The minimum atomic E-state index is -0.331. The third-order valence-corrected chi connectivity index (χ3v) is 5.93. The van der Waals surface area contributed by atoms with Crippen molar-refractivity contribution in [3.8, 4) is 22.6 Å². The Bertz CT molecular complexity index is 1160. The van der Waals surface area contributed by atoms with Crippen molar-refractivity contribution in [3.63, 3.8) is 0 Å². The molecule has 6 heteroatoms. The number of hydrogen-bond donors (Lipinski definition) is 1. The fourth-order valence-electron chi connectivity index (χ4n) is 3.64. The fourth-order valence-corrected chi connectivity index (χ4v) is 4.35. The average molecular weight is 401 g/mol. The molecule has 2 heterocycles. The molecule has 2 aromatic carbocycles. The first-order chi connectivity index (χ1) is 14.3. The molecule has 0 fully saturated rings. The van der Waals surface area contributed by atoms with E-state index in [0.29, 0.717) is 10.9 Å². The number of fused-ring (bicyclic) bond motifs is 1. The van der Waals surface area contributed by atoms with Gasteiger partial charge in [0.05, 0.1) is 5.69 Å². The molecule has 5 nitrogen and oxygen atoms in total. The summed E-state index contributed by atoms with van der Waals surface area (Å²) in [6, 6.07) is 17.8. The standard InChI is InChI=1S/C23H19N3O2S/c27-22(19-13-21(28-26-19)16-7-2-1-3-8-16)25-23-24-20(14-29-23)18-11-10-15-6-4-5-9-17(15)12-18/h1-3,7-8,10-14H,4-6,9H2,(H,24,25,27). The van der Waals surface area contributed by atoms with Crippen LogP contribution in [0.3, 0.4) is 0 Å². The lowest BCUT2D eigenvalue weighted by molar-refractivity contribution is 0.101. The Labute approximate surface area is 172 Å². The lowest BCUT2D eigenvalue weighted by Crippen LogP contribution is -2.11. The predicted molar refractivity (Wildman–Crippen MR) is 114 cm³/mol. The summed E-state index contributed by atoms with van der Waals surface area (Å²) in [4.78, 5) is 17.1. The number of thiazole rings is 1. The van der Waals surface area contributed by atoms with Gasteiger partial charge in [0, 0.05) is 22.6 Å². The maximum atomic E-state index is 12.5. The molecule has 29 heavy (non-hydrogen) atoms. The fraction of sp³-hybridized carbons (Fsp3) is 0.174. The molecule has 0 unspecified atom stereocenters. The van der Waals surface area contributed by atoms with E-state index in [1.165, 1.54) is 35.3 Å². The highest BCUT2D eigenvalue weighted by Gasteiger charge is 2.16. The van der Waals surface area contributed by atoms with Crippen LogP contribution in [0.15, 0.2) is 64.5 Å². The number of aromatic nitrogens is 2. The van der Waals surface area contributed by atoms with Gasteiger partial charge in [-0.25, -0.2) is 4.98 Å². The van der Waals surface area contributed by atoms with Crippen molar-refractivity contribution < 1.29 is 9.32 Å². The van der Waals surface area contributed by atoms with Crippen molar-refractivity contribution in [2.45, 2.75) is 25.7 Å². The van der Waals surface area contributed by atoms with Gasteiger partial charge in [0.25, 0.3) is 5.91 Å². The normalized spacial score (nSPS) is 13.1. The second-order valence-electron chi connectivity index (χ2n) is 7.13. The van der Waals surface area contributed by atoms with E-state index in [1.807, 2.05) is 35.7 Å². The Morgan fingerprint density at radius 3 is 2.66 bits per heavy atom. The molecule has 5 rings (SSSR count). The van der Waals surface area contributed by atoms with Crippen LogP contribution in [0.4, 0.5) is 5.13 Å². The smallest absolute Gasteiger partial charge is 0.279 e. The number of rotatable bonds is 4. The number of nitrogens with zero attached hydrogens (tertiary/aromatic N) is 2. The summed E-state index contributed by atoms with van der Waals surface area (Å²) in [5, 5.41) is 9.23. The zero-order valence-corrected chi connectivity index (χ0v) is 16.5. The number of carbonyl (C=O) groups is 1. The number of aryl methyl sites for hydroxylation is 2. The van der Waals surface area contributed by atoms with Gasteiger partial charge in [0.2, 0.25) is 0 Å². The van der Waals surface area contributed by atoms with E-state index in [-0.39, 0.29) is 11.6 Å². The van der Waals surface area contributed by atoms with Crippen molar-refractivity contribution in [3.05, 3.63) is 76.8 Å². The highest BCUT2D eigenvalue weighted by atomic mass is 32.1. The molecular weight excluding hydrogens is 382 g/mol. The first-order valence-electron chi connectivity index (χ1n) is 9.67. The monoisotopic (exact) mass is 401 g/mol. The summed E-state index contributed by atoms with van der Waals surface area (Å²) in [6.07, 6.45) is 4.81. The second-order valence-corrected chi connectivity index (χ2v) is 7.98.